The number of carbonyl (C=O) groups excluding carboxylic acids is 2. The Morgan fingerprint density at radius 1 is 1.07 bits per heavy atom. The number of rotatable bonds is 6. The van der Waals surface area contributed by atoms with Crippen molar-refractivity contribution in [2.24, 2.45) is 0 Å². The number of nitrogens with zero attached hydrogens (tertiary/aromatic N) is 1. The van der Waals surface area contributed by atoms with Gasteiger partial charge in [0, 0.05) is 6.07 Å². The van der Waals surface area contributed by atoms with Gasteiger partial charge in [0.25, 0.3) is 11.6 Å². The molecule has 8 heteroatoms. The zero-order valence-electron chi connectivity index (χ0n) is 16.7. The minimum atomic E-state index is -0.733. The lowest BCUT2D eigenvalue weighted by molar-refractivity contribution is -0.384. The number of fused-ring (bicyclic) bond motifs is 1. The first-order valence-electron chi connectivity index (χ1n) is 9.10. The molecule has 0 unspecified atom stereocenters. The topological polar surface area (TPSA) is 108 Å². The van der Waals surface area contributed by atoms with Crippen LogP contribution in [0.3, 0.4) is 0 Å². The number of hydrogen-bond acceptors (Lipinski definition) is 6. The molecular formula is C22H20N2O6. The van der Waals surface area contributed by atoms with Crippen molar-refractivity contribution in [1.29, 1.82) is 0 Å². The minimum absolute atomic E-state index is 0.0873. The second-order valence-electron chi connectivity index (χ2n) is 6.68. The second-order valence-corrected chi connectivity index (χ2v) is 6.68. The van der Waals surface area contributed by atoms with Crippen molar-refractivity contribution in [2.75, 3.05) is 19.0 Å². The number of aryl methyl sites for hydroxylation is 1. The summed E-state index contributed by atoms with van der Waals surface area (Å²) >= 11 is 0. The third-order valence-electron chi connectivity index (χ3n) is 4.80. The van der Waals surface area contributed by atoms with Gasteiger partial charge in [0.1, 0.15) is 17.0 Å². The number of nitro benzene ring substituents is 1. The van der Waals surface area contributed by atoms with Gasteiger partial charge in [-0.15, -0.1) is 0 Å². The highest BCUT2D eigenvalue weighted by Crippen LogP contribution is 2.30. The van der Waals surface area contributed by atoms with Crippen LogP contribution < -0.4 is 10.1 Å². The molecule has 30 heavy (non-hydrogen) atoms. The molecule has 0 heterocycles. The highest BCUT2D eigenvalue weighted by atomic mass is 16.6. The maximum Gasteiger partial charge on any atom is 0.342 e. The molecule has 3 aromatic carbocycles. The molecule has 0 aliphatic carbocycles. The molecule has 0 spiro atoms. The van der Waals surface area contributed by atoms with Crippen molar-refractivity contribution in [3.63, 3.8) is 0 Å². The van der Waals surface area contributed by atoms with E-state index in [0.29, 0.717) is 11.3 Å². The normalized spacial score (nSPS) is 10.5. The van der Waals surface area contributed by atoms with Gasteiger partial charge in [0.15, 0.2) is 6.61 Å². The minimum Gasteiger partial charge on any atom is -0.496 e. The Bertz CT molecular complexity index is 1160. The lowest BCUT2D eigenvalue weighted by Crippen LogP contribution is -2.22. The number of benzene rings is 3. The Hall–Kier alpha value is -3.94. The van der Waals surface area contributed by atoms with E-state index in [1.54, 1.807) is 32.0 Å². The van der Waals surface area contributed by atoms with E-state index in [9.17, 15) is 19.7 Å². The van der Waals surface area contributed by atoms with E-state index in [1.807, 2.05) is 24.3 Å². The lowest BCUT2D eigenvalue weighted by atomic mass is 10.1. The molecule has 8 nitrogen and oxygen atoms in total. The number of methoxy groups -OCH3 is 1. The summed E-state index contributed by atoms with van der Waals surface area (Å²) in [6.45, 7) is 2.85. The van der Waals surface area contributed by atoms with Gasteiger partial charge in [-0.3, -0.25) is 14.9 Å². The Balaban J connectivity index is 1.76. The van der Waals surface area contributed by atoms with Crippen LogP contribution in [0.5, 0.6) is 5.75 Å². The number of nitro groups is 1. The van der Waals surface area contributed by atoms with Crippen LogP contribution in [0.4, 0.5) is 11.4 Å². The van der Waals surface area contributed by atoms with E-state index in [1.165, 1.54) is 13.2 Å². The zero-order valence-corrected chi connectivity index (χ0v) is 16.7. The SMILES string of the molecule is COc1cc2ccccc2cc1C(=O)OCC(=O)Nc1c([N+](=O)[O-])ccc(C)c1C. The molecule has 0 aromatic heterocycles. The average molecular weight is 408 g/mol. The molecular weight excluding hydrogens is 388 g/mol. The van der Waals surface area contributed by atoms with Crippen LogP contribution in [-0.4, -0.2) is 30.5 Å². The van der Waals surface area contributed by atoms with Gasteiger partial charge in [-0.25, -0.2) is 4.79 Å². The smallest absolute Gasteiger partial charge is 0.342 e. The van der Waals surface area contributed by atoms with Crippen molar-refractivity contribution in [3.05, 3.63) is 75.3 Å². The fourth-order valence-corrected chi connectivity index (χ4v) is 3.04. The van der Waals surface area contributed by atoms with Crippen LogP contribution >= 0.6 is 0 Å². The lowest BCUT2D eigenvalue weighted by Gasteiger charge is -2.12. The van der Waals surface area contributed by atoms with Crippen molar-refractivity contribution < 1.29 is 24.0 Å². The molecule has 3 rings (SSSR count). The highest BCUT2D eigenvalue weighted by Gasteiger charge is 2.21. The van der Waals surface area contributed by atoms with Crippen molar-refractivity contribution in [2.45, 2.75) is 13.8 Å². The van der Waals surface area contributed by atoms with E-state index >= 15 is 0 Å². The van der Waals surface area contributed by atoms with Crippen LogP contribution in [0.25, 0.3) is 10.8 Å². The van der Waals surface area contributed by atoms with Crippen LogP contribution in [0.2, 0.25) is 0 Å². The summed E-state index contributed by atoms with van der Waals surface area (Å²) in [6.07, 6.45) is 0. The summed E-state index contributed by atoms with van der Waals surface area (Å²) in [6, 6.07) is 13.7. The van der Waals surface area contributed by atoms with E-state index in [4.69, 9.17) is 9.47 Å². The maximum absolute atomic E-state index is 12.5. The molecule has 154 valence electrons. The fourth-order valence-electron chi connectivity index (χ4n) is 3.04. The number of amides is 1. The molecule has 0 saturated carbocycles. The summed E-state index contributed by atoms with van der Waals surface area (Å²) in [5.41, 5.74) is 1.40. The van der Waals surface area contributed by atoms with Crippen LogP contribution in [0.1, 0.15) is 21.5 Å². The van der Waals surface area contributed by atoms with Gasteiger partial charge in [0.2, 0.25) is 0 Å². The standard InChI is InChI=1S/C22H20N2O6/c1-13-8-9-18(24(27)28)21(14(13)2)23-20(25)12-30-22(26)17-10-15-6-4-5-7-16(15)11-19(17)29-3/h4-11H,12H2,1-3H3,(H,23,25). The average Bonchev–Trinajstić information content (AvgIpc) is 2.74. The second kappa shape index (κ2) is 8.60. The summed E-state index contributed by atoms with van der Waals surface area (Å²) in [5.74, 6) is -1.09. The predicted octanol–water partition coefficient (Wildman–Crippen LogP) is 4.17. The van der Waals surface area contributed by atoms with E-state index in [-0.39, 0.29) is 16.9 Å². The quantitative estimate of drug-likeness (QED) is 0.373. The number of nitrogens with one attached hydrogen (secondary N) is 1. The van der Waals surface area contributed by atoms with Gasteiger partial charge in [0.05, 0.1) is 12.0 Å². The molecule has 0 saturated heterocycles. The Morgan fingerprint density at radius 2 is 1.73 bits per heavy atom. The molecule has 0 bridgehead atoms. The van der Waals surface area contributed by atoms with Crippen molar-refractivity contribution >= 4 is 34.0 Å². The van der Waals surface area contributed by atoms with Crippen molar-refractivity contribution in [1.82, 2.24) is 0 Å². The van der Waals surface area contributed by atoms with Gasteiger partial charge >= 0.3 is 5.97 Å². The highest BCUT2D eigenvalue weighted by molar-refractivity contribution is 6.01. The monoisotopic (exact) mass is 408 g/mol. The molecule has 0 fully saturated rings. The van der Waals surface area contributed by atoms with Gasteiger partial charge < -0.3 is 14.8 Å². The van der Waals surface area contributed by atoms with E-state index < -0.39 is 23.4 Å². The van der Waals surface area contributed by atoms with Gasteiger partial charge in [-0.1, -0.05) is 30.3 Å². The molecule has 1 N–H and O–H groups in total. The first-order valence-corrected chi connectivity index (χ1v) is 9.10. The first kappa shape index (κ1) is 20.8. The number of anilines is 1. The molecule has 0 atom stereocenters. The Morgan fingerprint density at radius 3 is 2.37 bits per heavy atom. The third kappa shape index (κ3) is 4.22. The number of carbonyl (C=O) groups is 2. The number of esters is 1. The summed E-state index contributed by atoms with van der Waals surface area (Å²) in [5, 5.41) is 15.4. The van der Waals surface area contributed by atoms with E-state index in [0.717, 1.165) is 16.3 Å². The Kier molecular flexibility index (Phi) is 5.96. The van der Waals surface area contributed by atoms with Gasteiger partial charge in [-0.2, -0.15) is 0 Å². The summed E-state index contributed by atoms with van der Waals surface area (Å²) in [4.78, 5) is 35.5. The third-order valence-corrected chi connectivity index (χ3v) is 4.80. The van der Waals surface area contributed by atoms with Crippen molar-refractivity contribution in [3.8, 4) is 5.75 Å². The van der Waals surface area contributed by atoms with Gasteiger partial charge in [-0.05, 0) is 47.9 Å². The molecule has 0 aliphatic rings. The molecule has 0 radical (unpaired) electrons. The number of ether oxygens (including phenoxy) is 2. The maximum atomic E-state index is 12.5. The van der Waals surface area contributed by atoms with Crippen LogP contribution in [-0.2, 0) is 9.53 Å². The number of hydrogen-bond donors (Lipinski definition) is 1. The molecule has 1 amide bonds. The first-order chi connectivity index (χ1) is 14.3. The fraction of sp³-hybridized carbons (Fsp3) is 0.182. The largest absolute Gasteiger partial charge is 0.496 e. The van der Waals surface area contributed by atoms with Crippen LogP contribution in [0.15, 0.2) is 48.5 Å². The summed E-state index contributed by atoms with van der Waals surface area (Å²) < 4.78 is 10.4. The zero-order chi connectivity index (χ0) is 21.8. The predicted molar refractivity (Wildman–Crippen MR) is 112 cm³/mol. The van der Waals surface area contributed by atoms with Crippen LogP contribution in [0, 0.1) is 24.0 Å². The molecule has 3 aromatic rings. The molecule has 0 aliphatic heterocycles. The summed E-state index contributed by atoms with van der Waals surface area (Å²) in [7, 11) is 1.44. The Labute approximate surface area is 172 Å². The van der Waals surface area contributed by atoms with E-state index in [2.05, 4.69) is 5.32 Å².